The van der Waals surface area contributed by atoms with E-state index in [2.05, 4.69) is 4.84 Å². The minimum atomic E-state index is -1.70. The molecule has 0 saturated heterocycles. The lowest BCUT2D eigenvalue weighted by atomic mass is 10.0. The number of benzene rings is 3. The molecular formula is C34H31FN2O10S2. The fourth-order valence-electron chi connectivity index (χ4n) is 4.86. The van der Waals surface area contributed by atoms with Gasteiger partial charge in [-0.3, -0.25) is 13.8 Å². The van der Waals surface area contributed by atoms with Crippen LogP contribution in [0.3, 0.4) is 0 Å². The van der Waals surface area contributed by atoms with Crippen molar-refractivity contribution in [3.8, 4) is 5.75 Å². The maximum absolute atomic E-state index is 14.4. The van der Waals surface area contributed by atoms with Gasteiger partial charge in [-0.15, -0.1) is 10.1 Å². The smallest absolute Gasteiger partial charge is 0.356 e. The Morgan fingerprint density at radius 3 is 2.37 bits per heavy atom. The summed E-state index contributed by atoms with van der Waals surface area (Å²) in [6, 6.07) is 17.2. The Morgan fingerprint density at radius 1 is 1.04 bits per heavy atom. The Labute approximate surface area is 288 Å². The number of esters is 3. The summed E-state index contributed by atoms with van der Waals surface area (Å²) in [5.74, 6) is -3.22. The molecule has 1 aliphatic carbocycles. The molecule has 2 N–H and O–H groups in total. The largest absolute Gasteiger partial charge is 0.461 e. The van der Waals surface area contributed by atoms with Crippen molar-refractivity contribution in [1.82, 2.24) is 0 Å². The van der Waals surface area contributed by atoms with Crippen LogP contribution >= 0.6 is 12.2 Å². The van der Waals surface area contributed by atoms with Crippen LogP contribution in [0.15, 0.2) is 77.2 Å². The lowest BCUT2D eigenvalue weighted by Gasteiger charge is -2.18. The summed E-state index contributed by atoms with van der Waals surface area (Å²) in [6.07, 6.45) is 1.07. The van der Waals surface area contributed by atoms with E-state index in [0.29, 0.717) is 32.7 Å². The van der Waals surface area contributed by atoms with Crippen LogP contribution in [0.4, 0.5) is 4.39 Å². The van der Waals surface area contributed by atoms with E-state index in [4.69, 9.17) is 32.2 Å². The summed E-state index contributed by atoms with van der Waals surface area (Å²) < 4.78 is 42.2. The van der Waals surface area contributed by atoms with Crippen molar-refractivity contribution in [2.24, 2.45) is 5.73 Å². The first-order valence-corrected chi connectivity index (χ1v) is 16.7. The maximum atomic E-state index is 14.4. The van der Waals surface area contributed by atoms with Gasteiger partial charge in [-0.05, 0) is 101 Å². The topological polar surface area (TPSA) is 174 Å². The average molecular weight is 711 g/mol. The molecule has 0 aliphatic heterocycles. The normalized spacial score (nSPS) is 14.1. The van der Waals surface area contributed by atoms with Crippen LogP contribution in [0.5, 0.6) is 5.75 Å². The number of halogens is 1. The number of thiocarbonyl (C=S) groups is 1. The number of carbonyl (C=O) groups is 3. The molecular weight excluding hydrogens is 680 g/mol. The van der Waals surface area contributed by atoms with Gasteiger partial charge in [-0.25, -0.2) is 9.18 Å². The van der Waals surface area contributed by atoms with E-state index < -0.39 is 52.3 Å². The van der Waals surface area contributed by atoms with Gasteiger partial charge in [-0.2, -0.15) is 0 Å². The third-order valence-electron chi connectivity index (χ3n) is 7.31. The minimum absolute atomic E-state index is 0.0361. The van der Waals surface area contributed by atoms with Crippen LogP contribution in [0.2, 0.25) is 0 Å². The van der Waals surface area contributed by atoms with Crippen LogP contribution in [-0.4, -0.2) is 57.8 Å². The first-order chi connectivity index (χ1) is 23.3. The molecule has 0 bridgehead atoms. The fourth-order valence-corrected chi connectivity index (χ4v) is 5.52. The van der Waals surface area contributed by atoms with Crippen molar-refractivity contribution in [3.63, 3.8) is 0 Å². The lowest BCUT2D eigenvalue weighted by molar-refractivity contribution is -0.757. The number of allylic oxidation sites excluding steroid dienone is 2. The zero-order valence-corrected chi connectivity index (χ0v) is 28.0. The average Bonchev–Trinajstić information content (AvgIpc) is 3.30. The number of rotatable bonds is 15. The summed E-state index contributed by atoms with van der Waals surface area (Å²) in [5.41, 5.74) is 9.92. The van der Waals surface area contributed by atoms with Crippen LogP contribution in [0, 0.1) is 15.9 Å². The summed E-state index contributed by atoms with van der Waals surface area (Å²) in [5, 5.41) is 9.32. The second kappa shape index (κ2) is 16.7. The van der Waals surface area contributed by atoms with E-state index in [0.717, 1.165) is 11.1 Å². The van der Waals surface area contributed by atoms with E-state index >= 15 is 0 Å². The van der Waals surface area contributed by atoms with Gasteiger partial charge in [-0.1, -0.05) is 30.4 Å². The molecule has 256 valence electrons. The number of nitrogens with two attached hydrogens (primary N) is 1. The molecule has 0 aromatic heterocycles. The Morgan fingerprint density at radius 2 is 1.73 bits per heavy atom. The van der Waals surface area contributed by atoms with E-state index in [1.54, 1.807) is 43.5 Å². The number of hydrogen-bond acceptors (Lipinski definition) is 11. The number of hydrogen-bond donors (Lipinski definition) is 1. The Bertz CT molecular complexity index is 1860. The summed E-state index contributed by atoms with van der Waals surface area (Å²) in [6.45, 7) is 0.717. The third kappa shape index (κ3) is 10.1. The van der Waals surface area contributed by atoms with Crippen molar-refractivity contribution in [2.45, 2.75) is 37.2 Å². The lowest BCUT2D eigenvalue weighted by Crippen LogP contribution is -2.36. The first kappa shape index (κ1) is 36.6. The summed E-state index contributed by atoms with van der Waals surface area (Å²) in [7, 11) is -1.15. The van der Waals surface area contributed by atoms with Crippen molar-refractivity contribution in [1.29, 1.82) is 0 Å². The molecule has 0 fully saturated rings. The van der Waals surface area contributed by atoms with Crippen LogP contribution < -0.4 is 10.5 Å². The molecule has 2 atom stereocenters. The number of ether oxygens (including phenoxy) is 3. The monoisotopic (exact) mass is 710 g/mol. The SMILES string of the molecule is CC1=C(CC(=O)OC(COC(=O)CCCO[N+](=O)[O-])C(=O)Oc2ccc(C(N)=S)cc2)c2cc(F)ccc2/C1=C\c1ccc(S(C)=O)cc1. The molecule has 4 rings (SSSR count). The predicted molar refractivity (Wildman–Crippen MR) is 181 cm³/mol. The van der Waals surface area contributed by atoms with E-state index in [-0.39, 0.29) is 36.6 Å². The highest BCUT2D eigenvalue weighted by molar-refractivity contribution is 7.84. The quantitative estimate of drug-likeness (QED) is 0.0561. The minimum Gasteiger partial charge on any atom is -0.461 e. The fraction of sp³-hybridized carbons (Fsp3) is 0.235. The second-order valence-electron chi connectivity index (χ2n) is 10.7. The third-order valence-corrected chi connectivity index (χ3v) is 8.48. The van der Waals surface area contributed by atoms with Crippen LogP contribution in [-0.2, 0) is 39.5 Å². The Hall–Kier alpha value is -5.28. The Kier molecular flexibility index (Phi) is 12.5. The van der Waals surface area contributed by atoms with Gasteiger partial charge in [0.15, 0.2) is 0 Å². The molecule has 2 unspecified atom stereocenters. The van der Waals surface area contributed by atoms with Gasteiger partial charge < -0.3 is 24.8 Å². The molecule has 1 aliphatic rings. The van der Waals surface area contributed by atoms with Gasteiger partial charge in [0.25, 0.3) is 5.09 Å². The highest BCUT2D eigenvalue weighted by Crippen LogP contribution is 2.44. The molecule has 3 aromatic carbocycles. The molecule has 0 spiro atoms. The molecule has 0 saturated carbocycles. The van der Waals surface area contributed by atoms with Gasteiger partial charge in [0, 0.05) is 33.9 Å². The van der Waals surface area contributed by atoms with Crippen LogP contribution in [0.25, 0.3) is 17.2 Å². The molecule has 12 nitrogen and oxygen atoms in total. The van der Waals surface area contributed by atoms with E-state index in [9.17, 15) is 33.1 Å². The molecule has 15 heteroatoms. The zero-order valence-electron chi connectivity index (χ0n) is 26.3. The van der Waals surface area contributed by atoms with Gasteiger partial charge >= 0.3 is 17.9 Å². The Balaban J connectivity index is 1.54. The zero-order chi connectivity index (χ0) is 35.7. The van der Waals surface area contributed by atoms with Crippen molar-refractivity contribution in [3.05, 3.63) is 110 Å². The number of fused-ring (bicyclic) bond motifs is 1. The highest BCUT2D eigenvalue weighted by atomic mass is 32.2. The molecule has 0 radical (unpaired) electrons. The summed E-state index contributed by atoms with van der Waals surface area (Å²) >= 11 is 4.93. The molecule has 49 heavy (non-hydrogen) atoms. The number of carbonyl (C=O) groups excluding carboxylic acids is 3. The van der Waals surface area contributed by atoms with Crippen LogP contribution in [0.1, 0.15) is 48.4 Å². The van der Waals surface area contributed by atoms with Gasteiger partial charge in [0.05, 0.1) is 13.0 Å². The maximum Gasteiger partial charge on any atom is 0.356 e. The van der Waals surface area contributed by atoms with Gasteiger partial charge in [0.2, 0.25) is 6.10 Å². The van der Waals surface area contributed by atoms with Crippen molar-refractivity contribution in [2.75, 3.05) is 19.5 Å². The standard InChI is InChI=1S/C34H31FN2O10S2/c1-20-27(16-21-5-12-25(13-6-21)49(2)43)26-14-9-23(35)17-29(26)28(20)18-32(39)47-30(19-44-31(38)4-3-15-45-37(41)42)34(40)46-24-10-7-22(8-11-24)33(36)48/h5-14,16-17,30H,3-4,15,18-19H2,1-2H3,(H2,36,48)/b27-16-. The van der Waals surface area contributed by atoms with Crippen molar-refractivity contribution < 1.29 is 47.1 Å². The summed E-state index contributed by atoms with van der Waals surface area (Å²) in [4.78, 5) is 54.0. The molecule has 0 amide bonds. The molecule has 0 heterocycles. The van der Waals surface area contributed by atoms with Crippen molar-refractivity contribution >= 4 is 63.1 Å². The number of nitrogens with zero attached hydrogens (tertiary/aromatic N) is 1. The molecule has 3 aromatic rings. The first-order valence-electron chi connectivity index (χ1n) is 14.7. The van der Waals surface area contributed by atoms with E-state index in [1.807, 2.05) is 6.08 Å². The highest BCUT2D eigenvalue weighted by Gasteiger charge is 2.31. The predicted octanol–water partition coefficient (Wildman–Crippen LogP) is 4.96. The second-order valence-corrected chi connectivity index (χ2v) is 12.5. The van der Waals surface area contributed by atoms with E-state index in [1.165, 1.54) is 36.4 Å². The van der Waals surface area contributed by atoms with Gasteiger partial charge in [0.1, 0.15) is 23.2 Å².